The molecule has 4 rings (SSSR count). The van der Waals surface area contributed by atoms with Gasteiger partial charge in [-0.3, -0.25) is 14.4 Å². The van der Waals surface area contributed by atoms with E-state index in [1.165, 1.54) is 24.5 Å². The quantitative estimate of drug-likeness (QED) is 0.738. The number of hydrogen-bond donors (Lipinski definition) is 1. The minimum atomic E-state index is -5.25. The number of aryl methyl sites for hydroxylation is 1. The van der Waals surface area contributed by atoms with Crippen molar-refractivity contribution in [2.45, 2.75) is 51.9 Å². The van der Waals surface area contributed by atoms with Gasteiger partial charge in [-0.1, -0.05) is 31.5 Å². The zero-order valence-electron chi connectivity index (χ0n) is 18.4. The lowest BCUT2D eigenvalue weighted by Gasteiger charge is -2.35. The number of alkyl halides is 3. The summed E-state index contributed by atoms with van der Waals surface area (Å²) in [6, 6.07) is 8.98. The number of nitrogens with zero attached hydrogens (tertiary/aromatic N) is 1. The van der Waals surface area contributed by atoms with Crippen LogP contribution >= 0.6 is 0 Å². The minimum absolute atomic E-state index is 0.0285. The number of Topliss-reactive ketones (excluding diaryl/α,β-unsaturated/α-hetero) is 1. The fourth-order valence-corrected chi connectivity index (χ4v) is 4.50. The van der Waals surface area contributed by atoms with Crippen LogP contribution in [-0.4, -0.2) is 34.2 Å². The van der Waals surface area contributed by atoms with Gasteiger partial charge >= 0.3 is 6.18 Å². The van der Waals surface area contributed by atoms with E-state index in [0.717, 1.165) is 10.5 Å². The van der Waals surface area contributed by atoms with Gasteiger partial charge in [0.1, 0.15) is 5.76 Å². The van der Waals surface area contributed by atoms with E-state index < -0.39 is 40.3 Å². The molecule has 174 valence electrons. The summed E-state index contributed by atoms with van der Waals surface area (Å²) in [7, 11) is 0. The smallest absolute Gasteiger partial charge is 0.425 e. The second-order valence-corrected chi connectivity index (χ2v) is 9.30. The Morgan fingerprint density at radius 2 is 1.79 bits per heavy atom. The molecule has 6 nitrogen and oxygen atoms in total. The van der Waals surface area contributed by atoms with Crippen LogP contribution in [0.2, 0.25) is 0 Å². The zero-order valence-corrected chi connectivity index (χ0v) is 18.4. The lowest BCUT2D eigenvalue weighted by molar-refractivity contribution is -0.191. The highest BCUT2D eigenvalue weighted by atomic mass is 19.4. The highest BCUT2D eigenvalue weighted by Crippen LogP contribution is 2.52. The van der Waals surface area contributed by atoms with Crippen molar-refractivity contribution in [1.82, 2.24) is 10.2 Å². The van der Waals surface area contributed by atoms with Crippen LogP contribution in [0, 0.1) is 12.3 Å². The molecule has 0 radical (unpaired) electrons. The van der Waals surface area contributed by atoms with Gasteiger partial charge in [0, 0.05) is 17.7 Å². The molecule has 0 bridgehead atoms. The van der Waals surface area contributed by atoms with Crippen LogP contribution in [0.5, 0.6) is 0 Å². The van der Waals surface area contributed by atoms with E-state index in [9.17, 15) is 27.6 Å². The Balaban J connectivity index is 1.86. The van der Waals surface area contributed by atoms with Crippen LogP contribution in [0.1, 0.15) is 48.4 Å². The molecule has 1 aliphatic heterocycles. The van der Waals surface area contributed by atoms with E-state index in [4.69, 9.17) is 4.42 Å². The highest BCUT2D eigenvalue weighted by Gasteiger charge is 2.71. The number of carbonyl (C=O) groups excluding carboxylic acids is 3. The molecule has 0 saturated carbocycles. The first-order valence-electron chi connectivity index (χ1n) is 10.4. The number of carbonyl (C=O) groups is 3. The van der Waals surface area contributed by atoms with Crippen molar-refractivity contribution in [3.05, 3.63) is 70.8 Å². The summed E-state index contributed by atoms with van der Waals surface area (Å²) in [5.41, 5.74) is -4.09. The predicted molar refractivity (Wildman–Crippen MR) is 112 cm³/mol. The summed E-state index contributed by atoms with van der Waals surface area (Å²) in [5.74, 6) is -3.06. The first-order valence-corrected chi connectivity index (χ1v) is 10.4. The third kappa shape index (κ3) is 3.75. The molecule has 9 heteroatoms. The number of furan rings is 1. The SMILES string of the molecule is Cc1ccc(C(=O)N[C@]2(C(F)(F)F)C(=O)N(Cc3ccco3)C3=C2C(=O)CC(C)(C)C3)cc1. The molecule has 1 aliphatic carbocycles. The number of allylic oxidation sites excluding steroid dienone is 1. The molecule has 1 aromatic carbocycles. The largest absolute Gasteiger partial charge is 0.467 e. The first kappa shape index (κ1) is 22.8. The first-order chi connectivity index (χ1) is 15.4. The summed E-state index contributed by atoms with van der Waals surface area (Å²) < 4.78 is 49.4. The fraction of sp³-hybridized carbons (Fsp3) is 0.375. The second kappa shape index (κ2) is 7.60. The molecule has 2 heterocycles. The third-order valence-electron chi connectivity index (χ3n) is 6.05. The standard InChI is InChI=1S/C24H23F3N2O4/c1-14-6-8-15(9-7-14)20(31)28-23(24(25,26)27)19-17(11-22(2,3)12-18(19)30)29(21(23)32)13-16-5-4-10-33-16/h4-10H,11-13H2,1-3H3,(H,28,31)/t23-/m0/s1. The average molecular weight is 460 g/mol. The van der Waals surface area contributed by atoms with E-state index in [-0.39, 0.29) is 36.4 Å². The molecular formula is C24H23F3N2O4. The Morgan fingerprint density at radius 3 is 2.36 bits per heavy atom. The molecule has 2 aromatic rings. The normalized spacial score (nSPS) is 22.5. The monoisotopic (exact) mass is 460 g/mol. The molecule has 2 amide bonds. The van der Waals surface area contributed by atoms with Crippen molar-refractivity contribution in [3.63, 3.8) is 0 Å². The Morgan fingerprint density at radius 1 is 1.12 bits per heavy atom. The number of hydrogen-bond acceptors (Lipinski definition) is 4. The van der Waals surface area contributed by atoms with Gasteiger partial charge in [0.2, 0.25) is 5.54 Å². The molecule has 33 heavy (non-hydrogen) atoms. The lowest BCUT2D eigenvalue weighted by atomic mass is 9.72. The van der Waals surface area contributed by atoms with Gasteiger partial charge in [0.05, 0.1) is 18.4 Å². The van der Waals surface area contributed by atoms with E-state index in [2.05, 4.69) is 0 Å². The van der Waals surface area contributed by atoms with Gasteiger partial charge < -0.3 is 14.6 Å². The molecule has 0 spiro atoms. The van der Waals surface area contributed by atoms with Gasteiger partial charge in [-0.25, -0.2) is 0 Å². The molecule has 1 atom stereocenters. The van der Waals surface area contributed by atoms with Gasteiger partial charge in [-0.2, -0.15) is 13.2 Å². The number of benzene rings is 1. The molecule has 0 saturated heterocycles. The van der Waals surface area contributed by atoms with Crippen LogP contribution in [-0.2, 0) is 16.1 Å². The van der Waals surface area contributed by atoms with E-state index in [1.807, 2.05) is 5.32 Å². The van der Waals surface area contributed by atoms with Crippen LogP contribution < -0.4 is 5.32 Å². The molecular weight excluding hydrogens is 437 g/mol. The fourth-order valence-electron chi connectivity index (χ4n) is 4.50. The zero-order chi connectivity index (χ0) is 24.2. The third-order valence-corrected chi connectivity index (χ3v) is 6.05. The maximum absolute atomic E-state index is 14.7. The van der Waals surface area contributed by atoms with Crippen molar-refractivity contribution >= 4 is 17.6 Å². The summed E-state index contributed by atoms with van der Waals surface area (Å²) >= 11 is 0. The molecule has 1 N–H and O–H groups in total. The van der Waals surface area contributed by atoms with Gasteiger partial charge in [0.15, 0.2) is 5.78 Å². The summed E-state index contributed by atoms with van der Waals surface area (Å²) in [5, 5.41) is 1.92. The van der Waals surface area contributed by atoms with Crippen LogP contribution in [0.4, 0.5) is 13.2 Å². The number of halogens is 3. The predicted octanol–water partition coefficient (Wildman–Crippen LogP) is 4.30. The Labute approximate surface area is 188 Å². The van der Waals surface area contributed by atoms with E-state index in [0.29, 0.717) is 0 Å². The Kier molecular flexibility index (Phi) is 5.26. The molecule has 0 fully saturated rings. The van der Waals surface area contributed by atoms with E-state index in [1.54, 1.807) is 39.0 Å². The van der Waals surface area contributed by atoms with Crippen LogP contribution in [0.25, 0.3) is 0 Å². The maximum atomic E-state index is 14.7. The van der Waals surface area contributed by atoms with Crippen molar-refractivity contribution in [2.75, 3.05) is 0 Å². The van der Waals surface area contributed by atoms with Crippen molar-refractivity contribution < 1.29 is 32.0 Å². The Hall–Kier alpha value is -3.36. The number of nitrogens with one attached hydrogen (secondary N) is 1. The van der Waals surface area contributed by atoms with Crippen LogP contribution in [0.15, 0.2) is 58.3 Å². The van der Waals surface area contributed by atoms with Gasteiger partial charge in [-0.05, 0) is 43.0 Å². The second-order valence-electron chi connectivity index (χ2n) is 9.30. The maximum Gasteiger partial charge on any atom is 0.425 e. The molecule has 0 unspecified atom stereocenters. The molecule has 2 aliphatic rings. The minimum Gasteiger partial charge on any atom is -0.467 e. The topological polar surface area (TPSA) is 79.6 Å². The average Bonchev–Trinajstić information content (AvgIpc) is 3.29. The van der Waals surface area contributed by atoms with Crippen molar-refractivity contribution in [2.24, 2.45) is 5.41 Å². The number of rotatable bonds is 4. The lowest BCUT2D eigenvalue weighted by Crippen LogP contribution is -2.66. The number of amides is 2. The van der Waals surface area contributed by atoms with Gasteiger partial charge in [0.25, 0.3) is 11.8 Å². The van der Waals surface area contributed by atoms with Gasteiger partial charge in [-0.15, -0.1) is 0 Å². The Bertz CT molecular complexity index is 1150. The summed E-state index contributed by atoms with van der Waals surface area (Å²) in [6.45, 7) is 4.99. The number of ketones is 1. The van der Waals surface area contributed by atoms with Crippen LogP contribution in [0.3, 0.4) is 0 Å². The van der Waals surface area contributed by atoms with Crippen molar-refractivity contribution in [1.29, 1.82) is 0 Å². The summed E-state index contributed by atoms with van der Waals surface area (Å²) in [4.78, 5) is 40.4. The van der Waals surface area contributed by atoms with E-state index >= 15 is 0 Å². The summed E-state index contributed by atoms with van der Waals surface area (Å²) in [6.07, 6.45) is -4.01. The molecule has 1 aromatic heterocycles. The van der Waals surface area contributed by atoms with Crippen molar-refractivity contribution in [3.8, 4) is 0 Å². The highest BCUT2D eigenvalue weighted by molar-refractivity contribution is 6.14.